The summed E-state index contributed by atoms with van der Waals surface area (Å²) in [5.41, 5.74) is 0. The van der Waals surface area contributed by atoms with Crippen LogP contribution in [0.15, 0.2) is 72.9 Å². The van der Waals surface area contributed by atoms with Crippen LogP contribution < -0.4 is 4.89 Å². The van der Waals surface area contributed by atoms with Gasteiger partial charge in [0.05, 0.1) is 27.7 Å². The lowest BCUT2D eigenvalue weighted by atomic mass is 10.0. The molecule has 0 aliphatic rings. The Bertz CT molecular complexity index is 1610. The molecule has 0 rings (SSSR count). The molecule has 0 spiro atoms. The zero-order chi connectivity index (χ0) is 59.8. The van der Waals surface area contributed by atoms with Crippen molar-refractivity contribution < 1.29 is 42.1 Å². The topological polar surface area (TPSA) is 111 Å². The molecule has 2 unspecified atom stereocenters. The van der Waals surface area contributed by atoms with E-state index in [9.17, 15) is 19.0 Å². The van der Waals surface area contributed by atoms with Gasteiger partial charge in [0.25, 0.3) is 7.82 Å². The van der Waals surface area contributed by atoms with E-state index in [1.807, 2.05) is 21.1 Å². The number of quaternary nitrogens is 1. The van der Waals surface area contributed by atoms with Crippen molar-refractivity contribution in [2.75, 3.05) is 47.5 Å². The standard InChI is InChI=1S/C72H132NO8P/c1-6-8-10-12-14-16-18-20-22-24-26-28-30-32-33-34-35-36-37-38-39-41-42-44-46-48-50-52-54-56-58-60-62-64-71(74)78-68-70(69-80-82(76,77)79-67-66-73(3,4)5)81-72(75)65-63-61-59-57-55-53-51-49-47-45-43-40-31-29-27-25-23-21-19-17-15-13-11-9-7-2/h9,11,15,17,21,23-24,26-27,29,40,43,70H,6-8,10,12-14,16,18-20,22,25,28,30-39,41-42,44-69H2,1-5H3/b11-9-,17-15-,23-21-,26-24-,29-27-,43-40-. The summed E-state index contributed by atoms with van der Waals surface area (Å²) in [7, 11) is 1.17. The highest BCUT2D eigenvalue weighted by molar-refractivity contribution is 7.45. The second kappa shape index (κ2) is 63.0. The molecule has 0 saturated carbocycles. The van der Waals surface area contributed by atoms with Crippen LogP contribution in [-0.4, -0.2) is 70.0 Å². The number of carbonyl (C=O) groups excluding carboxylic acids is 2. The van der Waals surface area contributed by atoms with Gasteiger partial charge in [-0.15, -0.1) is 0 Å². The van der Waals surface area contributed by atoms with Gasteiger partial charge in [-0.2, -0.15) is 0 Å². The Hall–Kier alpha value is -2.55. The summed E-state index contributed by atoms with van der Waals surface area (Å²) in [4.78, 5) is 38.0. The highest BCUT2D eigenvalue weighted by Gasteiger charge is 2.22. The van der Waals surface area contributed by atoms with Crippen molar-refractivity contribution >= 4 is 19.8 Å². The molecule has 0 bridgehead atoms. The minimum atomic E-state index is -4.64. The van der Waals surface area contributed by atoms with Crippen LogP contribution in [0.3, 0.4) is 0 Å². The molecule has 0 N–H and O–H groups in total. The first kappa shape index (κ1) is 79.5. The number of nitrogens with zero attached hydrogens (tertiary/aromatic N) is 1. The van der Waals surface area contributed by atoms with Crippen molar-refractivity contribution in [1.29, 1.82) is 0 Å². The number of unbranched alkanes of at least 4 members (excludes halogenated alkanes) is 38. The Morgan fingerprint density at radius 1 is 0.390 bits per heavy atom. The van der Waals surface area contributed by atoms with Crippen LogP contribution in [0.4, 0.5) is 0 Å². The van der Waals surface area contributed by atoms with Crippen LogP contribution >= 0.6 is 7.82 Å². The van der Waals surface area contributed by atoms with Gasteiger partial charge in [-0.25, -0.2) is 0 Å². The summed E-state index contributed by atoms with van der Waals surface area (Å²) in [6.07, 6.45) is 84.1. The Morgan fingerprint density at radius 2 is 0.695 bits per heavy atom. The Labute approximate surface area is 508 Å². The first-order valence-electron chi connectivity index (χ1n) is 34.6. The number of hydrogen-bond donors (Lipinski definition) is 0. The van der Waals surface area contributed by atoms with Gasteiger partial charge in [-0.05, 0) is 83.5 Å². The predicted octanol–water partition coefficient (Wildman–Crippen LogP) is 21.8. The van der Waals surface area contributed by atoms with Crippen LogP contribution in [0.1, 0.15) is 322 Å². The molecule has 0 amide bonds. The van der Waals surface area contributed by atoms with Gasteiger partial charge in [0, 0.05) is 12.8 Å². The molecule has 0 aromatic heterocycles. The van der Waals surface area contributed by atoms with E-state index >= 15 is 0 Å². The van der Waals surface area contributed by atoms with Gasteiger partial charge >= 0.3 is 11.9 Å². The molecule has 0 aliphatic heterocycles. The third kappa shape index (κ3) is 66.6. The van der Waals surface area contributed by atoms with E-state index in [1.165, 1.54) is 212 Å². The van der Waals surface area contributed by atoms with Crippen LogP contribution in [0.25, 0.3) is 0 Å². The monoisotopic (exact) mass is 1170 g/mol. The first-order chi connectivity index (χ1) is 40.0. The fourth-order valence-electron chi connectivity index (χ4n) is 9.92. The molecule has 0 heterocycles. The van der Waals surface area contributed by atoms with E-state index in [2.05, 4.69) is 86.8 Å². The smallest absolute Gasteiger partial charge is 0.306 e. The molecule has 2 atom stereocenters. The summed E-state index contributed by atoms with van der Waals surface area (Å²) >= 11 is 0. The van der Waals surface area contributed by atoms with E-state index in [1.54, 1.807) is 0 Å². The largest absolute Gasteiger partial charge is 0.756 e. The summed E-state index contributed by atoms with van der Waals surface area (Å²) < 4.78 is 34.3. The Kier molecular flexibility index (Phi) is 61.0. The average molecular weight is 1170 g/mol. The number of hydrogen-bond acceptors (Lipinski definition) is 8. The van der Waals surface area contributed by atoms with Crippen molar-refractivity contribution in [3.63, 3.8) is 0 Å². The SMILES string of the molecule is CC/C=C\C/C=C\C/C=C\C/C=C\C/C=C\CCCCCCCCCCCC(=O)OC(COC(=O)CCCCCCCCCCCCCCCCCCCCCCC/C=C\CCCCCCCCCC)COP(=O)([O-])OCC[N+](C)(C)C. The molecular weight excluding hydrogens is 1040 g/mol. The summed E-state index contributed by atoms with van der Waals surface area (Å²) in [6, 6.07) is 0. The van der Waals surface area contributed by atoms with Gasteiger partial charge in [0.1, 0.15) is 19.8 Å². The summed E-state index contributed by atoms with van der Waals surface area (Å²) in [6.45, 7) is 4.16. The number of phosphoric acid groups is 1. The zero-order valence-electron chi connectivity index (χ0n) is 54.4. The number of rotatable bonds is 64. The third-order valence-corrected chi connectivity index (χ3v) is 16.2. The molecule has 0 aliphatic carbocycles. The number of phosphoric ester groups is 1. The molecule has 0 aromatic carbocycles. The number of ether oxygens (including phenoxy) is 2. The average Bonchev–Trinajstić information content (AvgIpc) is 3.46. The highest BCUT2D eigenvalue weighted by Crippen LogP contribution is 2.38. The number of esters is 2. The number of likely N-dealkylation sites (N-methyl/N-ethyl adjacent to an activating group) is 1. The fourth-order valence-corrected chi connectivity index (χ4v) is 10.6. The molecule has 0 fully saturated rings. The minimum Gasteiger partial charge on any atom is -0.756 e. The van der Waals surface area contributed by atoms with E-state index in [0.29, 0.717) is 17.4 Å². The second-order valence-corrected chi connectivity index (χ2v) is 25.9. The van der Waals surface area contributed by atoms with Crippen LogP contribution in [0.5, 0.6) is 0 Å². The quantitative estimate of drug-likeness (QED) is 0.0195. The van der Waals surface area contributed by atoms with Gasteiger partial charge < -0.3 is 27.9 Å². The Balaban J connectivity index is 4.02. The van der Waals surface area contributed by atoms with Gasteiger partial charge in [0.2, 0.25) is 0 Å². The molecule has 0 aromatic rings. The van der Waals surface area contributed by atoms with E-state index in [0.717, 1.165) is 77.0 Å². The number of carbonyl (C=O) groups is 2. The molecule has 0 radical (unpaired) electrons. The minimum absolute atomic E-state index is 0.0334. The van der Waals surface area contributed by atoms with Crippen molar-refractivity contribution in [1.82, 2.24) is 0 Å². The van der Waals surface area contributed by atoms with E-state index in [4.69, 9.17) is 18.5 Å². The molecule has 0 saturated heterocycles. The fraction of sp³-hybridized carbons (Fsp3) is 0.806. The van der Waals surface area contributed by atoms with Crippen molar-refractivity contribution in [3.8, 4) is 0 Å². The zero-order valence-corrected chi connectivity index (χ0v) is 55.3. The summed E-state index contributed by atoms with van der Waals surface area (Å²) in [5, 5.41) is 0. The predicted molar refractivity (Wildman–Crippen MR) is 351 cm³/mol. The van der Waals surface area contributed by atoms with E-state index in [-0.39, 0.29) is 32.0 Å². The lowest BCUT2D eigenvalue weighted by molar-refractivity contribution is -0.870. The maximum Gasteiger partial charge on any atom is 0.306 e. The normalized spacial score (nSPS) is 13.6. The Morgan fingerprint density at radius 3 is 1.05 bits per heavy atom. The van der Waals surface area contributed by atoms with Gasteiger partial charge in [0.15, 0.2) is 6.10 Å². The van der Waals surface area contributed by atoms with Crippen molar-refractivity contribution in [2.45, 2.75) is 328 Å². The third-order valence-electron chi connectivity index (χ3n) is 15.2. The molecule has 82 heavy (non-hydrogen) atoms. The molecule has 10 heteroatoms. The lowest BCUT2D eigenvalue weighted by Crippen LogP contribution is -2.37. The van der Waals surface area contributed by atoms with Crippen LogP contribution in [0, 0.1) is 0 Å². The van der Waals surface area contributed by atoms with Crippen LogP contribution in [-0.2, 0) is 32.7 Å². The van der Waals surface area contributed by atoms with Crippen molar-refractivity contribution in [3.05, 3.63) is 72.9 Å². The molecule has 478 valence electrons. The van der Waals surface area contributed by atoms with Crippen molar-refractivity contribution in [2.24, 2.45) is 0 Å². The highest BCUT2D eigenvalue weighted by atomic mass is 31.2. The van der Waals surface area contributed by atoms with Gasteiger partial charge in [-0.3, -0.25) is 14.2 Å². The maximum absolute atomic E-state index is 12.8. The lowest BCUT2D eigenvalue weighted by Gasteiger charge is -2.28. The van der Waals surface area contributed by atoms with Gasteiger partial charge in [-0.1, -0.05) is 299 Å². The number of allylic oxidation sites excluding steroid dienone is 12. The summed E-state index contributed by atoms with van der Waals surface area (Å²) in [5.74, 6) is -0.830. The molecule has 9 nitrogen and oxygen atoms in total. The van der Waals surface area contributed by atoms with Crippen LogP contribution in [0.2, 0.25) is 0 Å². The maximum atomic E-state index is 12.8. The second-order valence-electron chi connectivity index (χ2n) is 24.5. The van der Waals surface area contributed by atoms with E-state index < -0.39 is 26.5 Å². The first-order valence-corrected chi connectivity index (χ1v) is 36.1. The molecular formula is C72H132NO8P.